The summed E-state index contributed by atoms with van der Waals surface area (Å²) in [7, 11) is 1.62. The molecule has 0 aromatic heterocycles. The average Bonchev–Trinajstić information content (AvgIpc) is 3.28. The van der Waals surface area contributed by atoms with Gasteiger partial charge in [0.1, 0.15) is 6.54 Å². The Labute approximate surface area is 244 Å². The van der Waals surface area contributed by atoms with Crippen LogP contribution in [0.5, 0.6) is 0 Å². The first-order chi connectivity index (χ1) is 19.8. The molecule has 3 aromatic rings. The van der Waals surface area contributed by atoms with Gasteiger partial charge in [-0.25, -0.2) is 8.42 Å². The van der Waals surface area contributed by atoms with Crippen LogP contribution < -0.4 is 14.9 Å². The number of non-ortho nitro benzene ring substituents is 1. The third-order valence-corrected chi connectivity index (χ3v) is 7.82. The van der Waals surface area contributed by atoms with Gasteiger partial charge in [-0.1, -0.05) is 30.3 Å². The standard InChI is InChI=1S/C29H32N6O6S/c1-32(2)16-17-33(3)26(36)19-34(42(4,40)41)22-12-10-21(11-13-22)30-28(20-8-6-5-7-9-20)27-24-18-23(35(38)39)14-15-25(24)31-29(27)37/h5-15,18,30H,16-17,19H2,1-4H3,(H,31,37). The number of nitrogens with one attached hydrogen (secondary N) is 2. The van der Waals surface area contributed by atoms with Crippen LogP contribution in [0.4, 0.5) is 22.7 Å². The molecular weight excluding hydrogens is 560 g/mol. The molecule has 3 aromatic carbocycles. The highest BCUT2D eigenvalue weighted by Crippen LogP contribution is 2.39. The maximum absolute atomic E-state index is 13.1. The first-order valence-electron chi connectivity index (χ1n) is 13.0. The van der Waals surface area contributed by atoms with E-state index in [1.54, 1.807) is 55.6 Å². The lowest BCUT2D eigenvalue weighted by Gasteiger charge is -2.26. The largest absolute Gasteiger partial charge is 0.354 e. The van der Waals surface area contributed by atoms with E-state index in [1.807, 2.05) is 25.1 Å². The van der Waals surface area contributed by atoms with Gasteiger partial charge in [-0.15, -0.1) is 0 Å². The maximum atomic E-state index is 13.1. The van der Waals surface area contributed by atoms with E-state index in [4.69, 9.17) is 0 Å². The highest BCUT2D eigenvalue weighted by Gasteiger charge is 2.30. The van der Waals surface area contributed by atoms with Crippen molar-refractivity contribution in [2.45, 2.75) is 0 Å². The minimum atomic E-state index is -3.78. The zero-order chi connectivity index (χ0) is 30.6. The fourth-order valence-electron chi connectivity index (χ4n) is 4.37. The van der Waals surface area contributed by atoms with Crippen molar-refractivity contribution >= 4 is 55.9 Å². The minimum absolute atomic E-state index is 0.151. The van der Waals surface area contributed by atoms with E-state index in [0.717, 1.165) is 10.6 Å². The van der Waals surface area contributed by atoms with E-state index >= 15 is 0 Å². The van der Waals surface area contributed by atoms with Crippen molar-refractivity contribution in [2.75, 3.05) is 62.0 Å². The SMILES string of the molecule is CN(C)CCN(C)C(=O)CN(c1ccc(NC(=C2C(=O)Nc3ccc([N+](=O)[O-])cc32)c2ccccc2)cc1)S(C)(=O)=O. The molecule has 0 unspecified atom stereocenters. The third-order valence-electron chi connectivity index (χ3n) is 6.68. The smallest absolute Gasteiger partial charge is 0.270 e. The molecule has 0 aliphatic carbocycles. The number of nitro benzene ring substituents is 1. The van der Waals surface area contributed by atoms with Gasteiger partial charge in [0.2, 0.25) is 15.9 Å². The summed E-state index contributed by atoms with van der Waals surface area (Å²) < 4.78 is 26.3. The molecule has 0 fully saturated rings. The van der Waals surface area contributed by atoms with E-state index in [1.165, 1.54) is 23.1 Å². The summed E-state index contributed by atoms with van der Waals surface area (Å²) in [5.41, 5.74) is 2.82. The number of hydrogen-bond acceptors (Lipinski definition) is 8. The Hall–Kier alpha value is -4.75. The first-order valence-corrected chi connectivity index (χ1v) is 14.8. The van der Waals surface area contributed by atoms with E-state index in [0.29, 0.717) is 47.0 Å². The number of fused-ring (bicyclic) bond motifs is 1. The molecule has 0 atom stereocenters. The second kappa shape index (κ2) is 12.4. The highest BCUT2D eigenvalue weighted by molar-refractivity contribution is 7.92. The van der Waals surface area contributed by atoms with Crippen molar-refractivity contribution in [1.29, 1.82) is 0 Å². The predicted octanol–water partition coefficient (Wildman–Crippen LogP) is 3.31. The summed E-state index contributed by atoms with van der Waals surface area (Å²) >= 11 is 0. The van der Waals surface area contributed by atoms with Gasteiger partial charge in [0.15, 0.2) is 0 Å². The number of benzene rings is 3. The molecular formula is C29H32N6O6S. The first kappa shape index (κ1) is 30.2. The molecule has 0 bridgehead atoms. The number of carbonyl (C=O) groups is 2. The summed E-state index contributed by atoms with van der Waals surface area (Å²) in [5, 5.41) is 17.4. The average molecular weight is 593 g/mol. The molecule has 0 spiro atoms. The summed E-state index contributed by atoms with van der Waals surface area (Å²) in [6.07, 6.45) is 1.04. The van der Waals surface area contributed by atoms with E-state index in [9.17, 15) is 28.1 Å². The summed E-state index contributed by atoms with van der Waals surface area (Å²) in [6.45, 7) is 0.726. The van der Waals surface area contributed by atoms with Crippen molar-refractivity contribution in [3.05, 3.63) is 94.0 Å². The molecule has 42 heavy (non-hydrogen) atoms. The number of carbonyl (C=O) groups excluding carboxylic acids is 2. The number of anilines is 3. The van der Waals surface area contributed by atoms with Gasteiger partial charge in [-0.3, -0.25) is 24.0 Å². The molecule has 220 valence electrons. The van der Waals surface area contributed by atoms with Crippen LogP contribution in [0.15, 0.2) is 72.8 Å². The van der Waals surface area contributed by atoms with E-state index in [-0.39, 0.29) is 23.7 Å². The van der Waals surface area contributed by atoms with Crippen LogP contribution in [0, 0.1) is 10.1 Å². The van der Waals surface area contributed by atoms with Crippen molar-refractivity contribution in [2.24, 2.45) is 0 Å². The van der Waals surface area contributed by atoms with E-state index in [2.05, 4.69) is 10.6 Å². The van der Waals surface area contributed by atoms with Crippen molar-refractivity contribution in [1.82, 2.24) is 9.80 Å². The monoisotopic (exact) mass is 592 g/mol. The van der Waals surface area contributed by atoms with Gasteiger partial charge in [0, 0.05) is 49.2 Å². The summed E-state index contributed by atoms with van der Waals surface area (Å²) in [6, 6.07) is 19.6. The third kappa shape index (κ3) is 6.93. The van der Waals surface area contributed by atoms with Crippen molar-refractivity contribution in [3.8, 4) is 0 Å². The number of amides is 2. The zero-order valence-corrected chi connectivity index (χ0v) is 24.5. The summed E-state index contributed by atoms with van der Waals surface area (Å²) in [5.74, 6) is -0.769. The quantitative estimate of drug-likeness (QED) is 0.196. The molecule has 1 aliphatic rings. The fourth-order valence-corrected chi connectivity index (χ4v) is 5.22. The molecule has 0 saturated carbocycles. The molecule has 1 aliphatic heterocycles. The van der Waals surface area contributed by atoms with Gasteiger partial charge in [-0.05, 0) is 50.0 Å². The number of rotatable bonds is 11. The second-order valence-corrected chi connectivity index (χ2v) is 12.0. The van der Waals surface area contributed by atoms with Crippen molar-refractivity contribution in [3.63, 3.8) is 0 Å². The second-order valence-electron chi connectivity index (χ2n) is 10.1. The Balaban J connectivity index is 1.68. The molecule has 2 N–H and O–H groups in total. The van der Waals surface area contributed by atoms with Crippen LogP contribution >= 0.6 is 0 Å². The lowest BCUT2D eigenvalue weighted by Crippen LogP contribution is -2.43. The van der Waals surface area contributed by atoms with E-state index < -0.39 is 20.9 Å². The van der Waals surface area contributed by atoms with Crippen LogP contribution in [0.3, 0.4) is 0 Å². The van der Waals surface area contributed by atoms with Crippen LogP contribution in [0.1, 0.15) is 11.1 Å². The fraction of sp³-hybridized carbons (Fsp3) is 0.241. The lowest BCUT2D eigenvalue weighted by molar-refractivity contribution is -0.384. The molecule has 13 heteroatoms. The Morgan fingerprint density at radius 1 is 0.976 bits per heavy atom. The van der Waals surface area contributed by atoms with Crippen LogP contribution in [0.25, 0.3) is 11.3 Å². The Morgan fingerprint density at radius 3 is 2.24 bits per heavy atom. The number of likely N-dealkylation sites (N-methyl/N-ethyl adjacent to an activating group) is 2. The van der Waals surface area contributed by atoms with Crippen LogP contribution in [0.2, 0.25) is 0 Å². The van der Waals surface area contributed by atoms with Gasteiger partial charge >= 0.3 is 0 Å². The number of nitro groups is 1. The van der Waals surface area contributed by atoms with Gasteiger partial charge in [0.25, 0.3) is 11.6 Å². The number of hydrogen-bond donors (Lipinski definition) is 2. The molecule has 2 amide bonds. The molecule has 1 heterocycles. The maximum Gasteiger partial charge on any atom is 0.270 e. The predicted molar refractivity (Wildman–Crippen MR) is 163 cm³/mol. The Morgan fingerprint density at radius 2 is 1.64 bits per heavy atom. The Bertz CT molecular complexity index is 1640. The van der Waals surface area contributed by atoms with Crippen LogP contribution in [-0.2, 0) is 19.6 Å². The van der Waals surface area contributed by atoms with Gasteiger partial charge in [-0.2, -0.15) is 0 Å². The van der Waals surface area contributed by atoms with Gasteiger partial charge < -0.3 is 20.4 Å². The Kier molecular flexibility index (Phi) is 8.93. The molecule has 0 radical (unpaired) electrons. The minimum Gasteiger partial charge on any atom is -0.354 e. The molecule has 4 rings (SSSR count). The van der Waals surface area contributed by atoms with Crippen LogP contribution in [-0.4, -0.2) is 82.0 Å². The van der Waals surface area contributed by atoms with Gasteiger partial charge in [0.05, 0.1) is 28.1 Å². The lowest BCUT2D eigenvalue weighted by atomic mass is 9.99. The molecule has 0 saturated heterocycles. The summed E-state index contributed by atoms with van der Waals surface area (Å²) in [4.78, 5) is 40.3. The number of sulfonamides is 1. The molecule has 12 nitrogen and oxygen atoms in total. The highest BCUT2D eigenvalue weighted by atomic mass is 32.2. The topological polar surface area (TPSA) is 145 Å². The van der Waals surface area contributed by atoms with Crippen molar-refractivity contribution < 1.29 is 22.9 Å². The number of nitrogens with zero attached hydrogens (tertiary/aromatic N) is 4. The zero-order valence-electron chi connectivity index (χ0n) is 23.7. The normalized spacial score (nSPS) is 13.8.